The highest BCUT2D eigenvalue weighted by Crippen LogP contribution is 2.17. The van der Waals surface area contributed by atoms with Crippen LogP contribution >= 0.6 is 0 Å². The van der Waals surface area contributed by atoms with Gasteiger partial charge in [0.15, 0.2) is 0 Å². The van der Waals surface area contributed by atoms with Crippen LogP contribution in [0.2, 0.25) is 0 Å². The average Bonchev–Trinajstić information content (AvgIpc) is 2.69. The summed E-state index contributed by atoms with van der Waals surface area (Å²) in [7, 11) is 0. The Morgan fingerprint density at radius 2 is 2.04 bits per heavy atom. The third-order valence-corrected chi connectivity index (χ3v) is 3.71. The molecule has 1 amide bonds. The molecule has 6 heteroatoms. The van der Waals surface area contributed by atoms with Crippen LogP contribution in [0.25, 0.3) is 17.3 Å². The number of amides is 1. The SMILES string of the molecule is CCc1nccc(-c2c[nH]c(=O)c(NC(=O)/C=C/c3ccccc3)c2)n1. The van der Waals surface area contributed by atoms with Crippen LogP contribution in [-0.2, 0) is 11.2 Å². The fourth-order valence-electron chi connectivity index (χ4n) is 2.37. The molecule has 0 fully saturated rings. The van der Waals surface area contributed by atoms with Crippen molar-refractivity contribution < 1.29 is 4.79 Å². The molecule has 0 spiro atoms. The molecular formula is C20H18N4O2. The summed E-state index contributed by atoms with van der Waals surface area (Å²) in [6.45, 7) is 1.97. The average molecular weight is 346 g/mol. The van der Waals surface area contributed by atoms with Crippen LogP contribution in [0.1, 0.15) is 18.3 Å². The molecule has 130 valence electrons. The molecule has 0 unspecified atom stereocenters. The third kappa shape index (κ3) is 4.30. The molecule has 2 N–H and O–H groups in total. The van der Waals surface area contributed by atoms with Crippen LogP contribution in [-0.4, -0.2) is 20.9 Å². The number of H-pyrrole nitrogens is 1. The van der Waals surface area contributed by atoms with E-state index in [-0.39, 0.29) is 17.2 Å². The van der Waals surface area contributed by atoms with E-state index in [0.717, 1.165) is 5.56 Å². The highest BCUT2D eigenvalue weighted by atomic mass is 16.2. The Balaban J connectivity index is 1.80. The molecule has 0 atom stereocenters. The van der Waals surface area contributed by atoms with Crippen molar-refractivity contribution in [3.05, 3.63) is 82.7 Å². The Morgan fingerprint density at radius 3 is 2.81 bits per heavy atom. The monoisotopic (exact) mass is 346 g/mol. The number of rotatable bonds is 5. The van der Waals surface area contributed by atoms with Crippen molar-refractivity contribution in [3.63, 3.8) is 0 Å². The standard InChI is InChI=1S/C20H18N4O2/c1-2-18-21-11-10-16(23-18)15-12-17(20(26)22-13-15)24-19(25)9-8-14-6-4-3-5-7-14/h3-13H,2H2,1H3,(H,22,26)(H,24,25)/b9-8+. The minimum Gasteiger partial charge on any atom is -0.327 e. The van der Waals surface area contributed by atoms with Gasteiger partial charge in [-0.15, -0.1) is 0 Å². The quantitative estimate of drug-likeness (QED) is 0.695. The van der Waals surface area contributed by atoms with Gasteiger partial charge < -0.3 is 10.3 Å². The van der Waals surface area contributed by atoms with E-state index in [1.165, 1.54) is 6.08 Å². The van der Waals surface area contributed by atoms with E-state index >= 15 is 0 Å². The van der Waals surface area contributed by atoms with E-state index in [1.807, 2.05) is 37.3 Å². The number of carbonyl (C=O) groups excluding carboxylic acids is 1. The van der Waals surface area contributed by atoms with E-state index in [2.05, 4.69) is 20.3 Å². The second-order valence-corrected chi connectivity index (χ2v) is 5.58. The zero-order chi connectivity index (χ0) is 18.4. The number of pyridine rings is 1. The number of carbonyl (C=O) groups is 1. The van der Waals surface area contributed by atoms with Crippen molar-refractivity contribution in [1.82, 2.24) is 15.0 Å². The first-order valence-corrected chi connectivity index (χ1v) is 8.25. The Hall–Kier alpha value is -3.54. The molecule has 2 aromatic heterocycles. The first-order chi connectivity index (χ1) is 12.7. The Kier molecular flexibility index (Phi) is 5.34. The number of anilines is 1. The number of hydrogen-bond donors (Lipinski definition) is 2. The summed E-state index contributed by atoms with van der Waals surface area (Å²) in [6.07, 6.45) is 7.03. The number of aromatic nitrogens is 3. The normalized spacial score (nSPS) is 10.8. The summed E-state index contributed by atoms with van der Waals surface area (Å²) in [5, 5.41) is 2.61. The van der Waals surface area contributed by atoms with Crippen LogP contribution in [0.15, 0.2) is 65.7 Å². The summed E-state index contributed by atoms with van der Waals surface area (Å²) in [4.78, 5) is 35.3. The van der Waals surface area contributed by atoms with Gasteiger partial charge in [-0.25, -0.2) is 9.97 Å². The molecule has 0 saturated carbocycles. The second-order valence-electron chi connectivity index (χ2n) is 5.58. The number of nitrogens with zero attached hydrogens (tertiary/aromatic N) is 2. The number of benzene rings is 1. The van der Waals surface area contributed by atoms with E-state index < -0.39 is 0 Å². The number of aryl methyl sites for hydroxylation is 1. The van der Waals surface area contributed by atoms with Gasteiger partial charge in [-0.05, 0) is 23.8 Å². The topological polar surface area (TPSA) is 87.7 Å². The lowest BCUT2D eigenvalue weighted by Crippen LogP contribution is -2.18. The van der Waals surface area contributed by atoms with Gasteiger partial charge in [0.2, 0.25) is 5.91 Å². The van der Waals surface area contributed by atoms with Crippen molar-refractivity contribution in [3.8, 4) is 11.3 Å². The molecule has 0 radical (unpaired) electrons. The van der Waals surface area contributed by atoms with Crippen molar-refractivity contribution in [2.45, 2.75) is 13.3 Å². The Bertz CT molecular complexity index is 994. The lowest BCUT2D eigenvalue weighted by atomic mass is 10.2. The first-order valence-electron chi connectivity index (χ1n) is 8.25. The maximum Gasteiger partial charge on any atom is 0.271 e. The number of hydrogen-bond acceptors (Lipinski definition) is 4. The fraction of sp³-hybridized carbons (Fsp3) is 0.100. The van der Waals surface area contributed by atoms with Gasteiger partial charge in [-0.2, -0.15) is 0 Å². The molecule has 0 aliphatic heterocycles. The van der Waals surface area contributed by atoms with Crippen LogP contribution in [0.3, 0.4) is 0 Å². The van der Waals surface area contributed by atoms with Gasteiger partial charge in [0, 0.05) is 30.5 Å². The summed E-state index contributed by atoms with van der Waals surface area (Å²) < 4.78 is 0. The van der Waals surface area contributed by atoms with Crippen LogP contribution in [0.4, 0.5) is 5.69 Å². The molecule has 0 aliphatic rings. The van der Waals surface area contributed by atoms with Gasteiger partial charge in [0.1, 0.15) is 11.5 Å². The molecule has 0 saturated heterocycles. The third-order valence-electron chi connectivity index (χ3n) is 3.71. The van der Waals surface area contributed by atoms with Crippen molar-refractivity contribution in [1.29, 1.82) is 0 Å². The fourth-order valence-corrected chi connectivity index (χ4v) is 2.37. The summed E-state index contributed by atoms with van der Waals surface area (Å²) in [5.74, 6) is 0.332. The van der Waals surface area contributed by atoms with E-state index in [9.17, 15) is 9.59 Å². The number of nitrogens with one attached hydrogen (secondary N) is 2. The van der Waals surface area contributed by atoms with Gasteiger partial charge in [0.05, 0.1) is 5.69 Å². The van der Waals surface area contributed by atoms with E-state index in [1.54, 1.807) is 30.6 Å². The molecule has 0 aliphatic carbocycles. The van der Waals surface area contributed by atoms with Gasteiger partial charge in [-0.1, -0.05) is 37.3 Å². The summed E-state index contributed by atoms with van der Waals surface area (Å²) in [6, 6.07) is 12.8. The molecule has 26 heavy (non-hydrogen) atoms. The lowest BCUT2D eigenvalue weighted by molar-refractivity contribution is -0.111. The lowest BCUT2D eigenvalue weighted by Gasteiger charge is -2.06. The van der Waals surface area contributed by atoms with E-state index in [0.29, 0.717) is 23.5 Å². The van der Waals surface area contributed by atoms with Crippen molar-refractivity contribution in [2.24, 2.45) is 0 Å². The second kappa shape index (κ2) is 8.02. The molecule has 3 aromatic rings. The largest absolute Gasteiger partial charge is 0.327 e. The molecule has 3 rings (SSSR count). The van der Waals surface area contributed by atoms with Gasteiger partial charge in [0.25, 0.3) is 5.56 Å². The highest BCUT2D eigenvalue weighted by molar-refractivity contribution is 6.02. The van der Waals surface area contributed by atoms with Crippen LogP contribution in [0.5, 0.6) is 0 Å². The zero-order valence-electron chi connectivity index (χ0n) is 14.3. The van der Waals surface area contributed by atoms with E-state index in [4.69, 9.17) is 0 Å². The molecule has 1 aromatic carbocycles. The predicted octanol–water partition coefficient (Wildman–Crippen LogP) is 3.05. The first kappa shape index (κ1) is 17.3. The van der Waals surface area contributed by atoms with Crippen molar-refractivity contribution >= 4 is 17.7 Å². The maximum atomic E-state index is 12.1. The zero-order valence-corrected chi connectivity index (χ0v) is 14.3. The van der Waals surface area contributed by atoms with Gasteiger partial charge >= 0.3 is 0 Å². The minimum atomic E-state index is -0.381. The highest BCUT2D eigenvalue weighted by Gasteiger charge is 2.08. The maximum absolute atomic E-state index is 12.1. The Morgan fingerprint density at radius 1 is 1.23 bits per heavy atom. The minimum absolute atomic E-state index is 0.168. The Labute approximate surface area is 150 Å². The number of aromatic amines is 1. The molecule has 6 nitrogen and oxygen atoms in total. The van der Waals surface area contributed by atoms with Crippen molar-refractivity contribution in [2.75, 3.05) is 5.32 Å². The predicted molar refractivity (Wildman–Crippen MR) is 102 cm³/mol. The van der Waals surface area contributed by atoms with Crippen LogP contribution < -0.4 is 10.9 Å². The summed E-state index contributed by atoms with van der Waals surface area (Å²) >= 11 is 0. The van der Waals surface area contributed by atoms with Crippen LogP contribution in [0, 0.1) is 0 Å². The van der Waals surface area contributed by atoms with Gasteiger partial charge in [-0.3, -0.25) is 9.59 Å². The summed E-state index contributed by atoms with van der Waals surface area (Å²) in [5.41, 5.74) is 2.08. The smallest absolute Gasteiger partial charge is 0.271 e. The molecular weight excluding hydrogens is 328 g/mol. The molecule has 2 heterocycles. The molecule has 0 bridgehead atoms.